The maximum absolute atomic E-state index is 11.9. The first-order valence-electron chi connectivity index (χ1n) is 6.67. The normalized spacial score (nSPS) is 18.9. The van der Waals surface area contributed by atoms with E-state index in [0.29, 0.717) is 12.2 Å². The van der Waals surface area contributed by atoms with Crippen LogP contribution >= 0.6 is 0 Å². The highest BCUT2D eigenvalue weighted by Gasteiger charge is 2.22. The van der Waals surface area contributed by atoms with Crippen molar-refractivity contribution in [1.82, 2.24) is 10.0 Å². The molecule has 1 aliphatic heterocycles. The van der Waals surface area contributed by atoms with E-state index in [-0.39, 0.29) is 16.8 Å². The van der Waals surface area contributed by atoms with E-state index in [1.807, 2.05) is 0 Å². The molecule has 0 saturated carbocycles. The predicted octanol–water partition coefficient (Wildman–Crippen LogP) is 0.675. The van der Waals surface area contributed by atoms with Crippen LogP contribution in [-0.4, -0.2) is 33.5 Å². The minimum atomic E-state index is -3.45. The van der Waals surface area contributed by atoms with Crippen LogP contribution in [-0.2, 0) is 14.8 Å². The number of carbonyl (C=O) groups is 1. The second kappa shape index (κ2) is 6.34. The zero-order valence-corrected chi connectivity index (χ0v) is 12.2. The average Bonchev–Trinajstić information content (AvgIpc) is 2.93. The van der Waals surface area contributed by atoms with E-state index in [1.165, 1.54) is 12.1 Å². The number of sulfonamides is 1. The van der Waals surface area contributed by atoms with Crippen LogP contribution in [0, 0.1) is 0 Å². The molecule has 0 aromatic heterocycles. The van der Waals surface area contributed by atoms with Gasteiger partial charge in [-0.25, -0.2) is 13.1 Å². The van der Waals surface area contributed by atoms with Gasteiger partial charge in [0, 0.05) is 12.2 Å². The van der Waals surface area contributed by atoms with Crippen LogP contribution in [0.15, 0.2) is 29.2 Å². The van der Waals surface area contributed by atoms with Crippen LogP contribution in [0.2, 0.25) is 0 Å². The van der Waals surface area contributed by atoms with E-state index in [0.717, 1.165) is 19.4 Å². The van der Waals surface area contributed by atoms with E-state index < -0.39 is 10.0 Å². The second-order valence-corrected chi connectivity index (χ2v) is 6.43. The van der Waals surface area contributed by atoms with Crippen molar-refractivity contribution < 1.29 is 13.2 Å². The number of hydrogen-bond donors (Lipinski definition) is 3. The van der Waals surface area contributed by atoms with Crippen LogP contribution in [0.3, 0.4) is 0 Å². The van der Waals surface area contributed by atoms with Gasteiger partial charge in [0.1, 0.15) is 0 Å². The van der Waals surface area contributed by atoms with Gasteiger partial charge in [0.2, 0.25) is 15.9 Å². The van der Waals surface area contributed by atoms with Gasteiger partial charge in [-0.15, -0.1) is 0 Å². The predicted molar refractivity (Wildman–Crippen MR) is 77.0 cm³/mol. The summed E-state index contributed by atoms with van der Waals surface area (Å²) in [7, 11) is -3.45. The van der Waals surface area contributed by atoms with Crippen molar-refractivity contribution in [2.24, 2.45) is 0 Å². The van der Waals surface area contributed by atoms with Crippen molar-refractivity contribution in [1.29, 1.82) is 0 Å². The Bertz CT molecular complexity index is 563. The van der Waals surface area contributed by atoms with Gasteiger partial charge in [-0.2, -0.15) is 0 Å². The first kappa shape index (κ1) is 15.0. The molecule has 1 unspecified atom stereocenters. The Morgan fingerprint density at radius 2 is 2.05 bits per heavy atom. The number of amides is 1. The average molecular weight is 297 g/mol. The Labute approximate surface area is 119 Å². The SMILES string of the molecule is CCNS(=O)(=O)c1ccc(NC(=O)C2CCCN2)cc1. The molecule has 7 heteroatoms. The zero-order valence-electron chi connectivity index (χ0n) is 11.3. The third-order valence-corrected chi connectivity index (χ3v) is 4.70. The lowest BCUT2D eigenvalue weighted by Crippen LogP contribution is -2.35. The number of benzene rings is 1. The van der Waals surface area contributed by atoms with E-state index in [2.05, 4.69) is 15.4 Å². The van der Waals surface area contributed by atoms with Gasteiger partial charge in [0.05, 0.1) is 10.9 Å². The summed E-state index contributed by atoms with van der Waals surface area (Å²) in [6, 6.07) is 6.00. The smallest absolute Gasteiger partial charge is 0.241 e. The number of nitrogens with one attached hydrogen (secondary N) is 3. The molecular formula is C13H19N3O3S. The fraction of sp³-hybridized carbons (Fsp3) is 0.462. The summed E-state index contributed by atoms with van der Waals surface area (Å²) in [6.07, 6.45) is 1.83. The fourth-order valence-electron chi connectivity index (χ4n) is 2.13. The van der Waals surface area contributed by atoms with Crippen LogP contribution < -0.4 is 15.4 Å². The maximum atomic E-state index is 11.9. The quantitative estimate of drug-likeness (QED) is 0.745. The first-order valence-corrected chi connectivity index (χ1v) is 8.15. The molecule has 110 valence electrons. The van der Waals surface area contributed by atoms with Gasteiger partial charge in [-0.1, -0.05) is 6.92 Å². The molecule has 0 spiro atoms. The number of rotatable bonds is 5. The Morgan fingerprint density at radius 1 is 1.35 bits per heavy atom. The van der Waals surface area contributed by atoms with E-state index in [1.54, 1.807) is 19.1 Å². The summed E-state index contributed by atoms with van der Waals surface area (Å²) in [5.74, 6) is -0.0789. The largest absolute Gasteiger partial charge is 0.325 e. The Kier molecular flexibility index (Phi) is 4.74. The molecule has 0 bridgehead atoms. The minimum absolute atomic E-state index is 0.0789. The molecule has 1 saturated heterocycles. The molecule has 2 rings (SSSR count). The van der Waals surface area contributed by atoms with Gasteiger partial charge in [0.25, 0.3) is 0 Å². The zero-order chi connectivity index (χ0) is 14.6. The fourth-order valence-corrected chi connectivity index (χ4v) is 3.17. The molecule has 1 aliphatic rings. The van der Waals surface area contributed by atoms with Crippen molar-refractivity contribution in [3.05, 3.63) is 24.3 Å². The van der Waals surface area contributed by atoms with Gasteiger partial charge < -0.3 is 10.6 Å². The molecule has 1 heterocycles. The van der Waals surface area contributed by atoms with E-state index in [4.69, 9.17) is 0 Å². The lowest BCUT2D eigenvalue weighted by molar-refractivity contribution is -0.117. The van der Waals surface area contributed by atoms with Crippen molar-refractivity contribution in [3.63, 3.8) is 0 Å². The molecular weight excluding hydrogens is 278 g/mol. The highest BCUT2D eigenvalue weighted by Crippen LogP contribution is 2.15. The van der Waals surface area contributed by atoms with Crippen molar-refractivity contribution >= 4 is 21.6 Å². The molecule has 6 nitrogen and oxygen atoms in total. The Morgan fingerprint density at radius 3 is 2.60 bits per heavy atom. The molecule has 1 fully saturated rings. The molecule has 0 aliphatic carbocycles. The first-order chi connectivity index (χ1) is 9.53. The van der Waals surface area contributed by atoms with Crippen molar-refractivity contribution in [2.75, 3.05) is 18.4 Å². The highest BCUT2D eigenvalue weighted by molar-refractivity contribution is 7.89. The molecule has 1 aromatic carbocycles. The van der Waals surface area contributed by atoms with E-state index in [9.17, 15) is 13.2 Å². The summed E-state index contributed by atoms with van der Waals surface area (Å²) in [6.45, 7) is 2.92. The van der Waals surface area contributed by atoms with Crippen molar-refractivity contribution in [2.45, 2.75) is 30.7 Å². The topological polar surface area (TPSA) is 87.3 Å². The maximum Gasteiger partial charge on any atom is 0.241 e. The summed E-state index contributed by atoms with van der Waals surface area (Å²) in [5, 5.41) is 5.89. The van der Waals surface area contributed by atoms with Crippen molar-refractivity contribution in [3.8, 4) is 0 Å². The molecule has 3 N–H and O–H groups in total. The van der Waals surface area contributed by atoms with E-state index >= 15 is 0 Å². The third-order valence-electron chi connectivity index (χ3n) is 3.14. The van der Waals surface area contributed by atoms with Crippen LogP contribution in [0.1, 0.15) is 19.8 Å². The van der Waals surface area contributed by atoms with Crippen LogP contribution in [0.4, 0.5) is 5.69 Å². The standard InChI is InChI=1S/C13H19N3O3S/c1-2-15-20(18,19)11-7-5-10(6-8-11)16-13(17)12-4-3-9-14-12/h5-8,12,14-15H,2-4,9H2,1H3,(H,16,17). The molecule has 20 heavy (non-hydrogen) atoms. The molecule has 1 atom stereocenters. The lowest BCUT2D eigenvalue weighted by Gasteiger charge is -2.11. The minimum Gasteiger partial charge on any atom is -0.325 e. The van der Waals surface area contributed by atoms with Gasteiger partial charge in [0.15, 0.2) is 0 Å². The molecule has 1 amide bonds. The summed E-state index contributed by atoms with van der Waals surface area (Å²) >= 11 is 0. The Hall–Kier alpha value is -1.44. The Balaban J connectivity index is 2.03. The lowest BCUT2D eigenvalue weighted by atomic mass is 10.2. The monoisotopic (exact) mass is 297 g/mol. The summed E-state index contributed by atoms with van der Waals surface area (Å²) < 4.78 is 26.0. The van der Waals surface area contributed by atoms with Gasteiger partial charge >= 0.3 is 0 Å². The number of anilines is 1. The number of carbonyl (C=O) groups excluding carboxylic acids is 1. The summed E-state index contributed by atoms with van der Waals surface area (Å²) in [4.78, 5) is 12.1. The van der Waals surface area contributed by atoms with Crippen LogP contribution in [0.5, 0.6) is 0 Å². The molecule has 0 radical (unpaired) electrons. The van der Waals surface area contributed by atoms with Gasteiger partial charge in [-0.05, 0) is 43.7 Å². The second-order valence-electron chi connectivity index (χ2n) is 4.66. The third kappa shape index (κ3) is 3.56. The van der Waals surface area contributed by atoms with Crippen LogP contribution in [0.25, 0.3) is 0 Å². The van der Waals surface area contributed by atoms with Gasteiger partial charge in [-0.3, -0.25) is 4.79 Å². The number of hydrogen-bond acceptors (Lipinski definition) is 4. The highest BCUT2D eigenvalue weighted by atomic mass is 32.2. The summed E-state index contributed by atoms with van der Waals surface area (Å²) in [5.41, 5.74) is 0.596. The molecule has 1 aromatic rings.